The van der Waals surface area contributed by atoms with Gasteiger partial charge in [0.1, 0.15) is 5.71 Å². The summed E-state index contributed by atoms with van der Waals surface area (Å²) in [5.41, 5.74) is 6.38. The number of Topliss-reactive ketones (excluding diaryl/α,β-unsaturated/α-hetero) is 1. The Labute approximate surface area is 302 Å². The van der Waals surface area contributed by atoms with Gasteiger partial charge >= 0.3 is 0 Å². The number of benzene rings is 2. The number of carbonyl (C=O) groups is 2. The molecule has 2 aromatic carbocycles. The number of amides is 1. The van der Waals surface area contributed by atoms with Gasteiger partial charge in [0.2, 0.25) is 0 Å². The molecule has 4 unspecified atom stereocenters. The average Bonchev–Trinajstić information content (AvgIpc) is 3.14. The molecule has 1 spiro atoms. The SMILES string of the molecule is CC(C)=C1CCC2(CC1)N=C(c1cc(Cl)cc(Cl)c1)C(=O)CC(C(CCC(C)(C)C)c1ccc(C(=O)NCC3=NN=NCC3C)cc1)C2C. The minimum atomic E-state index is -0.391. The van der Waals surface area contributed by atoms with E-state index < -0.39 is 5.54 Å². The highest BCUT2D eigenvalue weighted by Crippen LogP contribution is 2.51. The lowest BCUT2D eigenvalue weighted by atomic mass is 9.62. The summed E-state index contributed by atoms with van der Waals surface area (Å²) in [5.74, 6) is 0.343. The van der Waals surface area contributed by atoms with Crippen LogP contribution in [0.25, 0.3) is 0 Å². The third-order valence-corrected chi connectivity index (χ3v) is 11.4. The summed E-state index contributed by atoms with van der Waals surface area (Å²) in [7, 11) is 0. The molecule has 2 aromatic rings. The summed E-state index contributed by atoms with van der Waals surface area (Å²) >= 11 is 12.9. The fourth-order valence-electron chi connectivity index (χ4n) is 7.76. The fraction of sp³-hybridized carbons (Fsp3) is 0.550. The minimum Gasteiger partial charge on any atom is -0.347 e. The van der Waals surface area contributed by atoms with Gasteiger partial charge in [-0.15, -0.1) is 5.10 Å². The first-order chi connectivity index (χ1) is 23.2. The van der Waals surface area contributed by atoms with E-state index in [1.54, 1.807) is 6.07 Å². The van der Waals surface area contributed by atoms with Gasteiger partial charge in [-0.25, -0.2) is 0 Å². The van der Waals surface area contributed by atoms with Crippen LogP contribution in [0.5, 0.6) is 0 Å². The van der Waals surface area contributed by atoms with Crippen LogP contribution in [0.4, 0.5) is 0 Å². The van der Waals surface area contributed by atoms with E-state index >= 15 is 0 Å². The van der Waals surface area contributed by atoms with Crippen LogP contribution < -0.4 is 5.32 Å². The van der Waals surface area contributed by atoms with Crippen molar-refractivity contribution in [2.45, 2.75) is 105 Å². The molecule has 5 rings (SSSR count). The Kier molecular flexibility index (Phi) is 11.7. The number of nitrogens with one attached hydrogen (secondary N) is 1. The Bertz CT molecular complexity index is 1650. The molecule has 0 radical (unpaired) electrons. The second-order valence-corrected chi connectivity index (χ2v) is 16.7. The fourth-order valence-corrected chi connectivity index (χ4v) is 8.29. The summed E-state index contributed by atoms with van der Waals surface area (Å²) < 4.78 is 0. The van der Waals surface area contributed by atoms with Crippen LogP contribution in [0.1, 0.15) is 121 Å². The number of hydrogen-bond acceptors (Lipinski definition) is 6. The topological polar surface area (TPSA) is 95.6 Å². The van der Waals surface area contributed by atoms with E-state index in [9.17, 15) is 9.59 Å². The number of carbonyl (C=O) groups excluding carboxylic acids is 2. The van der Waals surface area contributed by atoms with Gasteiger partial charge in [-0.2, -0.15) is 5.11 Å². The van der Waals surface area contributed by atoms with E-state index in [0.29, 0.717) is 46.4 Å². The van der Waals surface area contributed by atoms with E-state index in [2.05, 4.69) is 74.4 Å². The molecule has 2 aliphatic heterocycles. The minimum absolute atomic E-state index is 0.0382. The average molecular weight is 705 g/mol. The van der Waals surface area contributed by atoms with Gasteiger partial charge in [-0.1, -0.05) is 81.1 Å². The van der Waals surface area contributed by atoms with Crippen LogP contribution in [0.3, 0.4) is 0 Å². The zero-order chi connectivity index (χ0) is 35.5. The van der Waals surface area contributed by atoms with Gasteiger partial charge in [0, 0.05) is 33.5 Å². The zero-order valence-corrected chi connectivity index (χ0v) is 31.6. The molecule has 49 heavy (non-hydrogen) atoms. The summed E-state index contributed by atoms with van der Waals surface area (Å²) in [5, 5.41) is 15.8. The number of ketones is 1. The molecule has 1 amide bonds. The van der Waals surface area contributed by atoms with E-state index in [-0.39, 0.29) is 40.8 Å². The monoisotopic (exact) mass is 703 g/mol. The highest BCUT2D eigenvalue weighted by Gasteiger charge is 2.48. The van der Waals surface area contributed by atoms with Crippen LogP contribution in [0.15, 0.2) is 74.0 Å². The molecular weight excluding hydrogens is 653 g/mol. The molecule has 0 saturated heterocycles. The van der Waals surface area contributed by atoms with E-state index in [0.717, 1.165) is 49.8 Å². The van der Waals surface area contributed by atoms with Gasteiger partial charge in [0.05, 0.1) is 24.3 Å². The van der Waals surface area contributed by atoms with Crippen molar-refractivity contribution in [3.05, 3.63) is 80.3 Å². The number of hydrogen-bond donors (Lipinski definition) is 1. The van der Waals surface area contributed by atoms with Gasteiger partial charge in [0.25, 0.3) is 5.91 Å². The Morgan fingerprint density at radius 2 is 1.67 bits per heavy atom. The second-order valence-electron chi connectivity index (χ2n) is 15.8. The van der Waals surface area contributed by atoms with Crippen molar-refractivity contribution >= 4 is 46.3 Å². The lowest BCUT2D eigenvalue weighted by Crippen LogP contribution is -2.42. The zero-order valence-electron chi connectivity index (χ0n) is 30.1. The smallest absolute Gasteiger partial charge is 0.251 e. The van der Waals surface area contributed by atoms with Crippen molar-refractivity contribution in [2.24, 2.45) is 43.6 Å². The maximum absolute atomic E-state index is 14.4. The van der Waals surface area contributed by atoms with E-state index in [1.807, 2.05) is 31.2 Å². The molecular formula is C40H51Cl2N5O2. The molecule has 0 bridgehead atoms. The molecule has 7 nitrogen and oxygen atoms in total. The lowest BCUT2D eigenvalue weighted by Gasteiger charge is -2.45. The summed E-state index contributed by atoms with van der Waals surface area (Å²) in [6, 6.07) is 13.3. The molecule has 1 fully saturated rings. The number of allylic oxidation sites excluding steroid dienone is 2. The van der Waals surface area contributed by atoms with Crippen molar-refractivity contribution in [2.75, 3.05) is 13.1 Å². The van der Waals surface area contributed by atoms with Gasteiger partial charge in [-0.3, -0.25) is 14.6 Å². The summed E-state index contributed by atoms with van der Waals surface area (Å²) in [6.45, 7) is 16.5. The van der Waals surface area contributed by atoms with Gasteiger partial charge in [0.15, 0.2) is 5.78 Å². The maximum Gasteiger partial charge on any atom is 0.251 e. The van der Waals surface area contributed by atoms with Crippen molar-refractivity contribution in [1.29, 1.82) is 0 Å². The normalized spacial score (nSPS) is 25.0. The molecule has 1 saturated carbocycles. The molecule has 262 valence electrons. The van der Waals surface area contributed by atoms with E-state index in [4.69, 9.17) is 28.2 Å². The summed E-state index contributed by atoms with van der Waals surface area (Å²) in [4.78, 5) is 33.0. The van der Waals surface area contributed by atoms with Crippen molar-refractivity contribution in [3.63, 3.8) is 0 Å². The highest BCUT2D eigenvalue weighted by molar-refractivity contribution is 6.47. The second kappa shape index (κ2) is 15.4. The molecule has 0 aromatic heterocycles. The van der Waals surface area contributed by atoms with Crippen LogP contribution in [0.2, 0.25) is 10.0 Å². The molecule has 2 heterocycles. The highest BCUT2D eigenvalue weighted by atomic mass is 35.5. The molecule has 1 aliphatic carbocycles. The maximum atomic E-state index is 14.4. The number of rotatable bonds is 8. The van der Waals surface area contributed by atoms with Gasteiger partial charge < -0.3 is 5.32 Å². The quantitative estimate of drug-likeness (QED) is 0.277. The predicted molar refractivity (Wildman–Crippen MR) is 201 cm³/mol. The standard InChI is InChI=1S/C40H51Cl2N5O2/c1-24(2)27-12-16-40(17-13-27)26(4)34(21-36(48)37(45-40)30-18-31(41)20-32(42)19-30)33(14-15-39(5,6)7)28-8-10-29(11-9-28)38(49)43-23-35-25(3)22-44-47-46-35/h8-11,18-20,25-26,33-34H,12-17,21-23H2,1-7H3,(H,43,49). The van der Waals surface area contributed by atoms with E-state index in [1.165, 1.54) is 11.1 Å². The summed E-state index contributed by atoms with van der Waals surface area (Å²) in [6.07, 6.45) is 6.06. The van der Waals surface area contributed by atoms with Crippen molar-refractivity contribution < 1.29 is 9.59 Å². The van der Waals surface area contributed by atoms with Crippen LogP contribution in [0, 0.1) is 23.2 Å². The first kappa shape index (κ1) is 37.1. The van der Waals surface area contributed by atoms with Crippen LogP contribution in [-0.2, 0) is 4.79 Å². The first-order valence-electron chi connectivity index (χ1n) is 17.7. The number of halogens is 2. The number of nitrogens with zero attached hydrogens (tertiary/aromatic N) is 4. The molecule has 9 heteroatoms. The van der Waals surface area contributed by atoms with Crippen LogP contribution in [-0.4, -0.2) is 41.7 Å². The Balaban J connectivity index is 1.49. The van der Waals surface area contributed by atoms with Crippen molar-refractivity contribution in [1.82, 2.24) is 5.32 Å². The first-order valence-corrected chi connectivity index (χ1v) is 18.5. The molecule has 3 aliphatic rings. The Morgan fingerprint density at radius 3 is 2.27 bits per heavy atom. The van der Waals surface area contributed by atoms with Crippen LogP contribution >= 0.6 is 23.2 Å². The van der Waals surface area contributed by atoms with Gasteiger partial charge in [-0.05, 0) is 117 Å². The number of aliphatic imine (C=N–C) groups is 1. The molecule has 4 atom stereocenters. The predicted octanol–water partition coefficient (Wildman–Crippen LogP) is 10.5. The lowest BCUT2D eigenvalue weighted by molar-refractivity contribution is -0.114. The molecule has 1 N–H and O–H groups in total. The third kappa shape index (κ3) is 8.96. The Hall–Kier alpha value is -3.16. The third-order valence-electron chi connectivity index (χ3n) is 11.0. The largest absolute Gasteiger partial charge is 0.347 e. The Morgan fingerprint density at radius 1 is 1.02 bits per heavy atom. The van der Waals surface area contributed by atoms with Crippen molar-refractivity contribution in [3.8, 4) is 0 Å².